The predicted octanol–water partition coefficient (Wildman–Crippen LogP) is 4.29. The number of H-pyrrole nitrogens is 1. The number of aromatic amines is 1. The second-order valence-electron chi connectivity index (χ2n) is 6.91. The molecule has 27 heavy (non-hydrogen) atoms. The number of pyridine rings is 1. The molecule has 0 saturated heterocycles. The van der Waals surface area contributed by atoms with Gasteiger partial charge in [-0.05, 0) is 35.4 Å². The van der Waals surface area contributed by atoms with Crippen LogP contribution in [0.15, 0.2) is 47.6 Å². The summed E-state index contributed by atoms with van der Waals surface area (Å²) in [7, 11) is 0. The first-order valence-electron chi connectivity index (χ1n) is 8.81. The van der Waals surface area contributed by atoms with Crippen molar-refractivity contribution in [2.45, 2.75) is 13.0 Å². The van der Waals surface area contributed by atoms with Crippen molar-refractivity contribution in [3.8, 4) is 33.0 Å². The fraction of sp³-hybridized carbons (Fsp3) is 0.0952. The maximum absolute atomic E-state index is 5.70. The Morgan fingerprint density at radius 1 is 1.07 bits per heavy atom. The number of aliphatic imine (C=N–C) groups is 1. The van der Waals surface area contributed by atoms with Crippen LogP contribution in [0.2, 0.25) is 0 Å². The average Bonchev–Trinajstić information content (AvgIpc) is 3.42. The summed E-state index contributed by atoms with van der Waals surface area (Å²) in [6.45, 7) is 0.766. The quantitative estimate of drug-likeness (QED) is 0.487. The van der Waals surface area contributed by atoms with Gasteiger partial charge in [-0.3, -0.25) is 10.1 Å². The van der Waals surface area contributed by atoms with Gasteiger partial charge in [0, 0.05) is 50.8 Å². The number of aromatic nitrogens is 3. The van der Waals surface area contributed by atoms with Gasteiger partial charge in [0.1, 0.15) is 5.82 Å². The van der Waals surface area contributed by atoms with Gasteiger partial charge in [0.25, 0.3) is 0 Å². The summed E-state index contributed by atoms with van der Waals surface area (Å²) in [4.78, 5) is 11.1. The number of benzene rings is 1. The minimum absolute atomic E-state index is 0.545. The number of hydrogen-bond donors (Lipinski definition) is 2. The summed E-state index contributed by atoms with van der Waals surface area (Å²) >= 11 is 1.82. The third-order valence-electron chi connectivity index (χ3n) is 5.26. The molecule has 4 aromatic rings. The van der Waals surface area contributed by atoms with E-state index in [-0.39, 0.29) is 0 Å². The number of rotatable bonds is 2. The van der Waals surface area contributed by atoms with E-state index < -0.39 is 0 Å². The molecule has 6 heteroatoms. The Morgan fingerprint density at radius 2 is 2.00 bits per heavy atom. The van der Waals surface area contributed by atoms with Crippen LogP contribution >= 0.6 is 11.3 Å². The number of thiophene rings is 1. The first-order valence-corrected chi connectivity index (χ1v) is 9.63. The van der Waals surface area contributed by atoms with Crippen LogP contribution in [0.3, 0.4) is 0 Å². The molecule has 1 aliphatic heterocycles. The normalized spacial score (nSPS) is 13.6. The molecule has 1 aromatic carbocycles. The van der Waals surface area contributed by atoms with E-state index in [0.717, 1.165) is 35.5 Å². The molecule has 6 rings (SSSR count). The van der Waals surface area contributed by atoms with Crippen molar-refractivity contribution >= 4 is 23.4 Å². The van der Waals surface area contributed by atoms with E-state index in [0.29, 0.717) is 5.82 Å². The van der Waals surface area contributed by atoms with Crippen molar-refractivity contribution in [1.82, 2.24) is 15.2 Å². The molecule has 0 unspecified atom stereocenters. The van der Waals surface area contributed by atoms with E-state index in [1.807, 2.05) is 35.9 Å². The molecule has 0 bridgehead atoms. The third-order valence-corrected chi connectivity index (χ3v) is 6.45. The molecule has 3 aromatic heterocycles. The van der Waals surface area contributed by atoms with E-state index >= 15 is 0 Å². The van der Waals surface area contributed by atoms with Gasteiger partial charge >= 0.3 is 0 Å². The summed E-state index contributed by atoms with van der Waals surface area (Å²) < 4.78 is 0. The van der Waals surface area contributed by atoms with Crippen molar-refractivity contribution in [3.05, 3.63) is 64.2 Å². The zero-order valence-corrected chi connectivity index (χ0v) is 15.2. The van der Waals surface area contributed by atoms with Crippen LogP contribution in [0.4, 0.5) is 5.82 Å². The molecule has 0 saturated carbocycles. The highest BCUT2D eigenvalue weighted by Gasteiger charge is 2.28. The van der Waals surface area contributed by atoms with Crippen LogP contribution in [-0.2, 0) is 13.0 Å². The molecule has 5 nitrogen and oxygen atoms in total. The molecule has 3 N–H and O–H groups in total. The Kier molecular flexibility index (Phi) is 2.96. The van der Waals surface area contributed by atoms with E-state index in [1.54, 1.807) is 0 Å². The minimum Gasteiger partial charge on any atom is -0.384 e. The van der Waals surface area contributed by atoms with Crippen LogP contribution in [-0.4, -0.2) is 21.4 Å². The lowest BCUT2D eigenvalue weighted by molar-refractivity contribution is 1.09. The highest BCUT2D eigenvalue weighted by molar-refractivity contribution is 7.16. The lowest BCUT2D eigenvalue weighted by atomic mass is 10.0. The van der Waals surface area contributed by atoms with Crippen LogP contribution in [0.5, 0.6) is 0 Å². The number of nitrogens with one attached hydrogen (secondary N) is 1. The Morgan fingerprint density at radius 3 is 2.89 bits per heavy atom. The lowest BCUT2D eigenvalue weighted by Gasteiger charge is -2.03. The van der Waals surface area contributed by atoms with Gasteiger partial charge in [0.15, 0.2) is 0 Å². The molecule has 4 heterocycles. The number of nitrogen functional groups attached to an aromatic ring is 1. The van der Waals surface area contributed by atoms with Crippen molar-refractivity contribution in [2.24, 2.45) is 4.99 Å². The maximum atomic E-state index is 5.70. The van der Waals surface area contributed by atoms with Crippen LogP contribution < -0.4 is 5.73 Å². The smallest absolute Gasteiger partial charge is 0.123 e. The molecule has 0 amide bonds. The van der Waals surface area contributed by atoms with Crippen LogP contribution in [0, 0.1) is 0 Å². The molecule has 0 atom stereocenters. The molecule has 130 valence electrons. The Hall–Kier alpha value is -3.25. The van der Waals surface area contributed by atoms with Crippen LogP contribution in [0.25, 0.3) is 33.0 Å². The minimum atomic E-state index is 0.545. The molecule has 1 aliphatic carbocycles. The van der Waals surface area contributed by atoms with Crippen LogP contribution in [0.1, 0.15) is 21.6 Å². The first-order chi connectivity index (χ1) is 13.3. The van der Waals surface area contributed by atoms with Gasteiger partial charge < -0.3 is 5.73 Å². The highest BCUT2D eigenvalue weighted by atomic mass is 32.1. The SMILES string of the molecule is Nc1ccc(-c2cc3c(s2)Cc2c(-c4ccc5c(c4)CN=C5)n[nH]c2-3)cn1. The lowest BCUT2D eigenvalue weighted by Crippen LogP contribution is -1.89. The van der Waals surface area contributed by atoms with Gasteiger partial charge in [-0.1, -0.05) is 12.1 Å². The van der Waals surface area contributed by atoms with E-state index in [4.69, 9.17) is 5.73 Å². The number of nitrogens with zero attached hydrogens (tertiary/aromatic N) is 3. The number of nitrogens with two attached hydrogens (primary N) is 1. The summed E-state index contributed by atoms with van der Waals surface area (Å²) in [5.74, 6) is 0.545. The fourth-order valence-corrected chi connectivity index (χ4v) is 5.05. The van der Waals surface area contributed by atoms with Gasteiger partial charge in [-0.25, -0.2) is 4.98 Å². The second-order valence-corrected chi connectivity index (χ2v) is 8.04. The molecular formula is C21H15N5S. The van der Waals surface area contributed by atoms with Crippen molar-refractivity contribution in [2.75, 3.05) is 5.73 Å². The fourth-order valence-electron chi connectivity index (χ4n) is 3.88. The molecule has 0 spiro atoms. The number of fused-ring (bicyclic) bond motifs is 4. The van der Waals surface area contributed by atoms with E-state index in [9.17, 15) is 0 Å². The zero-order chi connectivity index (χ0) is 18.0. The van der Waals surface area contributed by atoms with Gasteiger partial charge in [-0.15, -0.1) is 11.3 Å². The monoisotopic (exact) mass is 369 g/mol. The standard InChI is InChI=1S/C21H15N5S/c22-19-4-3-13(10-24-19)17-6-15-18(27-17)7-16-20(25-26-21(15)16)11-1-2-12-8-23-9-14(12)5-11/h1-6,8,10H,7,9H2,(H2,22,24)(H,25,26). The van der Waals surface area contributed by atoms with E-state index in [1.165, 1.54) is 32.0 Å². The number of anilines is 1. The molecule has 0 radical (unpaired) electrons. The van der Waals surface area contributed by atoms with E-state index in [2.05, 4.69) is 44.4 Å². The second kappa shape index (κ2) is 5.37. The summed E-state index contributed by atoms with van der Waals surface area (Å²) in [6.07, 6.45) is 4.69. The average molecular weight is 369 g/mol. The van der Waals surface area contributed by atoms with Gasteiger partial charge in [0.05, 0.1) is 17.9 Å². The van der Waals surface area contributed by atoms with Crippen molar-refractivity contribution in [1.29, 1.82) is 0 Å². The predicted molar refractivity (Wildman–Crippen MR) is 109 cm³/mol. The first kappa shape index (κ1) is 14.9. The third kappa shape index (κ3) is 2.20. The Bertz CT molecular complexity index is 1230. The zero-order valence-electron chi connectivity index (χ0n) is 14.4. The van der Waals surface area contributed by atoms with Crippen molar-refractivity contribution < 1.29 is 0 Å². The summed E-state index contributed by atoms with van der Waals surface area (Å²) in [5, 5.41) is 7.91. The summed E-state index contributed by atoms with van der Waals surface area (Å²) in [6, 6.07) is 12.6. The maximum Gasteiger partial charge on any atom is 0.123 e. The van der Waals surface area contributed by atoms with Crippen molar-refractivity contribution in [3.63, 3.8) is 0 Å². The topological polar surface area (TPSA) is 80.0 Å². The van der Waals surface area contributed by atoms with Gasteiger partial charge in [0.2, 0.25) is 0 Å². The summed E-state index contributed by atoms with van der Waals surface area (Å²) in [5.41, 5.74) is 15.2. The highest BCUT2D eigenvalue weighted by Crippen LogP contribution is 2.46. The molecular weight excluding hydrogens is 354 g/mol. The number of hydrogen-bond acceptors (Lipinski definition) is 5. The largest absolute Gasteiger partial charge is 0.384 e. The van der Waals surface area contributed by atoms with Gasteiger partial charge in [-0.2, -0.15) is 5.10 Å². The molecule has 0 fully saturated rings. The Labute approximate surface area is 159 Å². The molecule has 2 aliphatic rings. The Balaban J connectivity index is 1.40.